The molecule has 1 aliphatic heterocycles. The van der Waals surface area contributed by atoms with Gasteiger partial charge in [-0.2, -0.15) is 5.10 Å². The zero-order valence-electron chi connectivity index (χ0n) is 18.1. The summed E-state index contributed by atoms with van der Waals surface area (Å²) in [6.07, 6.45) is 5.67. The van der Waals surface area contributed by atoms with E-state index in [4.69, 9.17) is 10.2 Å². The van der Waals surface area contributed by atoms with Crippen LogP contribution in [-0.4, -0.2) is 69.9 Å². The smallest absolute Gasteiger partial charge is 0.318 e. The number of anilines is 2. The maximum absolute atomic E-state index is 12.1. The first-order valence-electron chi connectivity index (χ1n) is 10.7. The van der Waals surface area contributed by atoms with Crippen molar-refractivity contribution in [1.29, 1.82) is 0 Å². The van der Waals surface area contributed by atoms with Crippen LogP contribution in [-0.2, 0) is 0 Å². The molecule has 1 saturated carbocycles. The number of carbonyl (C=O) groups excluding carboxylic acids is 1. The Labute approximate surface area is 180 Å². The van der Waals surface area contributed by atoms with Gasteiger partial charge in [0.2, 0.25) is 0 Å². The van der Waals surface area contributed by atoms with Gasteiger partial charge in [-0.25, -0.2) is 4.52 Å². The van der Waals surface area contributed by atoms with E-state index in [1.54, 1.807) is 4.52 Å². The molecule has 0 aromatic carbocycles. The van der Waals surface area contributed by atoms with Gasteiger partial charge in [0.1, 0.15) is 0 Å². The molecule has 3 aromatic heterocycles. The number of hydrogen-bond acceptors (Lipinski definition) is 8. The van der Waals surface area contributed by atoms with Crippen molar-refractivity contribution in [3.8, 4) is 11.5 Å². The molecule has 3 N–H and O–H groups in total. The molecule has 10 nitrogen and oxygen atoms in total. The molecule has 1 aliphatic carbocycles. The number of nitrogens with two attached hydrogens (primary N) is 1. The van der Waals surface area contributed by atoms with E-state index in [1.165, 1.54) is 6.20 Å². The molecular formula is C21H28N8O2. The fraction of sp³-hybridized carbons (Fsp3) is 0.524. The quantitative estimate of drug-likeness (QED) is 0.615. The highest BCUT2D eigenvalue weighted by molar-refractivity contribution is 6.02. The summed E-state index contributed by atoms with van der Waals surface area (Å²) >= 11 is 0. The number of carbonyl (C=O) groups is 1. The van der Waals surface area contributed by atoms with Crippen molar-refractivity contribution in [2.45, 2.75) is 32.7 Å². The van der Waals surface area contributed by atoms with Crippen LogP contribution in [0.4, 0.5) is 11.7 Å². The number of aromatic nitrogens is 4. The Balaban J connectivity index is 1.48. The lowest BCUT2D eigenvalue weighted by Crippen LogP contribution is -2.44. The number of amides is 1. The average molecular weight is 425 g/mol. The lowest BCUT2D eigenvalue weighted by atomic mass is 10.00. The van der Waals surface area contributed by atoms with Gasteiger partial charge in [-0.3, -0.25) is 4.79 Å². The SMILES string of the molecule is C[C@@H](Nc1c(C(N)=O)cnn2cc(-c3nnc(N4CCN(C)CC4)o3)cc12)C1(C)CC1. The van der Waals surface area contributed by atoms with Crippen LogP contribution in [0.3, 0.4) is 0 Å². The average Bonchev–Trinajstić information content (AvgIpc) is 3.16. The maximum atomic E-state index is 12.1. The minimum Gasteiger partial charge on any atom is -0.403 e. The minimum atomic E-state index is -0.511. The Kier molecular flexibility index (Phi) is 4.62. The van der Waals surface area contributed by atoms with E-state index < -0.39 is 5.91 Å². The Bertz CT molecular complexity index is 1120. The first-order chi connectivity index (χ1) is 14.8. The largest absolute Gasteiger partial charge is 0.403 e. The van der Waals surface area contributed by atoms with Gasteiger partial charge >= 0.3 is 6.01 Å². The zero-order valence-corrected chi connectivity index (χ0v) is 18.1. The monoisotopic (exact) mass is 424 g/mol. The van der Waals surface area contributed by atoms with Crippen molar-refractivity contribution < 1.29 is 9.21 Å². The molecule has 10 heteroatoms. The third-order valence-corrected chi connectivity index (χ3v) is 6.78. The summed E-state index contributed by atoms with van der Waals surface area (Å²) in [7, 11) is 2.10. The summed E-state index contributed by atoms with van der Waals surface area (Å²) in [5, 5.41) is 16.4. The molecule has 4 heterocycles. The fourth-order valence-electron chi connectivity index (χ4n) is 3.99. The molecular weight excluding hydrogens is 396 g/mol. The number of nitrogens with zero attached hydrogens (tertiary/aromatic N) is 6. The van der Waals surface area contributed by atoms with Gasteiger partial charge in [-0.15, -0.1) is 5.10 Å². The van der Waals surface area contributed by atoms with Crippen molar-refractivity contribution in [2.75, 3.05) is 43.4 Å². The van der Waals surface area contributed by atoms with Crippen molar-refractivity contribution in [3.63, 3.8) is 0 Å². The first-order valence-corrected chi connectivity index (χ1v) is 10.7. The Morgan fingerprint density at radius 1 is 1.26 bits per heavy atom. The van der Waals surface area contributed by atoms with Crippen molar-refractivity contribution in [3.05, 3.63) is 24.0 Å². The topological polar surface area (TPSA) is 118 Å². The molecule has 0 unspecified atom stereocenters. The number of fused-ring (bicyclic) bond motifs is 1. The van der Waals surface area contributed by atoms with Gasteiger partial charge < -0.3 is 25.3 Å². The molecule has 2 fully saturated rings. The van der Waals surface area contributed by atoms with Crippen molar-refractivity contribution in [2.24, 2.45) is 11.1 Å². The predicted molar refractivity (Wildman–Crippen MR) is 117 cm³/mol. The number of piperazine rings is 1. The van der Waals surface area contributed by atoms with Gasteiger partial charge in [0.05, 0.1) is 28.5 Å². The first kappa shape index (κ1) is 19.8. The summed E-state index contributed by atoms with van der Waals surface area (Å²) in [6.45, 7) is 8.00. The van der Waals surface area contributed by atoms with Crippen LogP contribution in [0, 0.1) is 5.41 Å². The van der Waals surface area contributed by atoms with Gasteiger partial charge in [-0.05, 0) is 38.3 Å². The van der Waals surface area contributed by atoms with Crippen molar-refractivity contribution in [1.82, 2.24) is 24.7 Å². The Morgan fingerprint density at radius 2 is 2.00 bits per heavy atom. The minimum absolute atomic E-state index is 0.197. The third kappa shape index (κ3) is 3.60. The molecule has 5 rings (SSSR count). The summed E-state index contributed by atoms with van der Waals surface area (Å²) in [4.78, 5) is 16.4. The number of nitrogens with one attached hydrogen (secondary N) is 1. The normalized spacial score (nSPS) is 19.5. The second-order valence-corrected chi connectivity index (χ2v) is 9.06. The summed E-state index contributed by atoms with van der Waals surface area (Å²) < 4.78 is 7.68. The van der Waals surface area contributed by atoms with E-state index in [-0.39, 0.29) is 11.5 Å². The number of likely N-dealkylation sites (N-methyl/N-ethyl adjacent to an activating group) is 1. The molecule has 0 bridgehead atoms. The molecule has 1 amide bonds. The lowest BCUT2D eigenvalue weighted by Gasteiger charge is -2.30. The van der Waals surface area contributed by atoms with E-state index in [0.717, 1.165) is 50.1 Å². The van der Waals surface area contributed by atoms with Gasteiger partial charge in [0.25, 0.3) is 11.8 Å². The molecule has 0 radical (unpaired) electrons. The van der Waals surface area contributed by atoms with Crippen molar-refractivity contribution >= 4 is 23.1 Å². The third-order valence-electron chi connectivity index (χ3n) is 6.78. The predicted octanol–water partition coefficient (Wildman–Crippen LogP) is 1.84. The van der Waals surface area contributed by atoms with E-state index >= 15 is 0 Å². The van der Waals surface area contributed by atoms with Crippen LogP contribution in [0.5, 0.6) is 0 Å². The summed E-state index contributed by atoms with van der Waals surface area (Å²) in [5.74, 6) is -0.0863. The van der Waals surface area contributed by atoms with E-state index in [9.17, 15) is 4.79 Å². The van der Waals surface area contributed by atoms with E-state index in [2.05, 4.69) is 51.3 Å². The Morgan fingerprint density at radius 3 is 2.68 bits per heavy atom. The standard InChI is InChI=1S/C21H28N8O2/c1-13(21(2)4-5-21)24-17-15(18(22)30)11-23-29-12-14(10-16(17)29)19-25-26-20(31-19)28-8-6-27(3)7-9-28/h10-13,24H,4-9H2,1-3H3,(H2,22,30)/t13-/m1/s1. The highest BCUT2D eigenvalue weighted by atomic mass is 16.4. The van der Waals surface area contributed by atoms with Gasteiger partial charge in [-0.1, -0.05) is 12.0 Å². The highest BCUT2D eigenvalue weighted by Gasteiger charge is 2.43. The fourth-order valence-corrected chi connectivity index (χ4v) is 3.99. The number of primary amides is 1. The second-order valence-electron chi connectivity index (χ2n) is 9.06. The summed E-state index contributed by atoms with van der Waals surface area (Å²) in [6, 6.07) is 2.63. The number of hydrogen-bond donors (Lipinski definition) is 2. The molecule has 2 aliphatic rings. The lowest BCUT2D eigenvalue weighted by molar-refractivity contribution is 0.100. The van der Waals surface area contributed by atoms with E-state index in [0.29, 0.717) is 23.2 Å². The molecule has 1 saturated heterocycles. The van der Waals surface area contributed by atoms with Crippen LogP contribution < -0.4 is 16.0 Å². The molecule has 0 spiro atoms. The van der Waals surface area contributed by atoms with Crippen LogP contribution >= 0.6 is 0 Å². The van der Waals surface area contributed by atoms with Crippen LogP contribution in [0.1, 0.15) is 37.0 Å². The highest BCUT2D eigenvalue weighted by Crippen LogP contribution is 2.49. The van der Waals surface area contributed by atoms with Gasteiger partial charge in [0.15, 0.2) is 0 Å². The van der Waals surface area contributed by atoms with E-state index in [1.807, 2.05) is 12.3 Å². The van der Waals surface area contributed by atoms with Gasteiger partial charge in [0, 0.05) is 38.4 Å². The molecule has 164 valence electrons. The second kappa shape index (κ2) is 7.23. The van der Waals surface area contributed by atoms with Crippen LogP contribution in [0.15, 0.2) is 22.9 Å². The molecule has 1 atom stereocenters. The van der Waals surface area contributed by atoms with Crippen LogP contribution in [0.2, 0.25) is 0 Å². The molecule has 31 heavy (non-hydrogen) atoms. The van der Waals surface area contributed by atoms with Crippen LogP contribution in [0.25, 0.3) is 17.0 Å². The number of rotatable bonds is 6. The maximum Gasteiger partial charge on any atom is 0.318 e. The molecule has 3 aromatic rings. The summed E-state index contributed by atoms with van der Waals surface area (Å²) in [5.41, 5.74) is 8.43. The Hall–Kier alpha value is -3.14. The zero-order chi connectivity index (χ0) is 21.8.